The summed E-state index contributed by atoms with van der Waals surface area (Å²) in [4.78, 5) is 16.5. The average Bonchev–Trinajstić information content (AvgIpc) is 3.62. The smallest absolute Gasteiger partial charge is 0.268 e. The molecule has 1 heterocycles. The largest absolute Gasteiger partial charge is 0.496 e. The fourth-order valence-electron chi connectivity index (χ4n) is 6.14. The highest BCUT2D eigenvalue weighted by atomic mass is 16.5. The Bertz CT molecular complexity index is 2060. The topological polar surface area (TPSA) is 125 Å². The molecule has 0 spiro atoms. The molecule has 0 radical (unpaired) electrons. The van der Waals surface area contributed by atoms with Crippen LogP contribution < -0.4 is 24.8 Å². The van der Waals surface area contributed by atoms with Crippen molar-refractivity contribution < 1.29 is 29.2 Å². The Hall–Kier alpha value is -5.61. The van der Waals surface area contributed by atoms with Crippen LogP contribution in [0, 0.1) is 0 Å². The van der Waals surface area contributed by atoms with Crippen molar-refractivity contribution in [2.45, 2.75) is 51.9 Å². The van der Waals surface area contributed by atoms with Crippen LogP contribution in [-0.4, -0.2) is 40.8 Å². The van der Waals surface area contributed by atoms with Crippen molar-refractivity contribution in [3.05, 3.63) is 160 Å². The first-order chi connectivity index (χ1) is 25.4. The van der Waals surface area contributed by atoms with E-state index >= 15 is 0 Å². The van der Waals surface area contributed by atoms with Crippen molar-refractivity contribution in [3.63, 3.8) is 0 Å². The van der Waals surface area contributed by atoms with E-state index in [4.69, 9.17) is 14.2 Å². The number of nitrogens with one attached hydrogen (secondary N) is 3. The number of carbonyl (C=O) groups excluding carboxylic acids is 1. The molecular formula is C43H45N3O6. The molecule has 0 unspecified atom stereocenters. The molecule has 0 saturated carbocycles. The number of aliphatic hydroxyl groups excluding tert-OH is 2. The molecule has 0 fully saturated rings. The second-order valence-electron chi connectivity index (χ2n) is 12.8. The molecule has 5 N–H and O–H groups in total. The molecule has 0 saturated heterocycles. The number of aromatic amines is 1. The summed E-state index contributed by atoms with van der Waals surface area (Å²) >= 11 is 0. The van der Waals surface area contributed by atoms with E-state index in [9.17, 15) is 15.0 Å². The van der Waals surface area contributed by atoms with Crippen LogP contribution in [0.5, 0.6) is 17.2 Å². The molecule has 6 rings (SSSR count). The van der Waals surface area contributed by atoms with E-state index in [1.54, 1.807) is 19.2 Å². The van der Waals surface area contributed by atoms with Gasteiger partial charge in [-0.05, 0) is 78.1 Å². The summed E-state index contributed by atoms with van der Waals surface area (Å²) in [5, 5.41) is 28.3. The number of aliphatic hydroxyl groups is 2. The van der Waals surface area contributed by atoms with Crippen LogP contribution in [0.4, 0.5) is 0 Å². The quantitative estimate of drug-likeness (QED) is 0.0694. The van der Waals surface area contributed by atoms with Gasteiger partial charge in [0.25, 0.3) is 5.91 Å². The predicted molar refractivity (Wildman–Crippen MR) is 203 cm³/mol. The Kier molecular flexibility index (Phi) is 12.2. The van der Waals surface area contributed by atoms with E-state index in [-0.39, 0.29) is 25.1 Å². The van der Waals surface area contributed by atoms with Crippen LogP contribution in [0.25, 0.3) is 10.9 Å². The van der Waals surface area contributed by atoms with Gasteiger partial charge < -0.3 is 40.0 Å². The van der Waals surface area contributed by atoms with E-state index in [0.717, 1.165) is 39.6 Å². The molecule has 268 valence electrons. The summed E-state index contributed by atoms with van der Waals surface area (Å²) < 4.78 is 17.6. The summed E-state index contributed by atoms with van der Waals surface area (Å²) in [6, 6.07) is 38.8. The van der Waals surface area contributed by atoms with Gasteiger partial charge in [-0.1, -0.05) is 78.9 Å². The first kappa shape index (κ1) is 36.2. The van der Waals surface area contributed by atoms with Crippen molar-refractivity contribution in [1.82, 2.24) is 15.6 Å². The van der Waals surface area contributed by atoms with Crippen molar-refractivity contribution >= 4 is 16.8 Å². The number of hydrogen-bond donors (Lipinski definition) is 5. The lowest BCUT2D eigenvalue weighted by atomic mass is 10.0. The normalized spacial score (nSPS) is 12.3. The average molecular weight is 700 g/mol. The lowest BCUT2D eigenvalue weighted by Crippen LogP contribution is -2.32. The molecule has 0 aliphatic carbocycles. The van der Waals surface area contributed by atoms with Crippen LogP contribution in [0.2, 0.25) is 0 Å². The van der Waals surface area contributed by atoms with Crippen LogP contribution in [0.1, 0.15) is 56.9 Å². The number of hydrogen-bond acceptors (Lipinski definition) is 7. The summed E-state index contributed by atoms with van der Waals surface area (Å²) in [5.41, 5.74) is 6.61. The zero-order valence-electron chi connectivity index (χ0n) is 29.5. The van der Waals surface area contributed by atoms with Crippen molar-refractivity contribution in [1.29, 1.82) is 0 Å². The summed E-state index contributed by atoms with van der Waals surface area (Å²) in [5.74, 6) is 1.65. The van der Waals surface area contributed by atoms with Crippen LogP contribution in [0.15, 0.2) is 121 Å². The van der Waals surface area contributed by atoms with Gasteiger partial charge in [-0.2, -0.15) is 0 Å². The van der Waals surface area contributed by atoms with Gasteiger partial charge in [0.2, 0.25) is 0 Å². The highest BCUT2D eigenvalue weighted by molar-refractivity contribution is 5.98. The highest BCUT2D eigenvalue weighted by Crippen LogP contribution is 2.30. The second-order valence-corrected chi connectivity index (χ2v) is 12.8. The van der Waals surface area contributed by atoms with Crippen LogP contribution in [0.3, 0.4) is 0 Å². The van der Waals surface area contributed by atoms with Gasteiger partial charge in [-0.25, -0.2) is 0 Å². The first-order valence-electron chi connectivity index (χ1n) is 17.4. The minimum Gasteiger partial charge on any atom is -0.496 e. The molecule has 6 aromatic rings. The van der Waals surface area contributed by atoms with Crippen molar-refractivity contribution in [2.24, 2.45) is 0 Å². The molecule has 0 aliphatic heterocycles. The van der Waals surface area contributed by atoms with Gasteiger partial charge in [0, 0.05) is 29.1 Å². The molecule has 2 atom stereocenters. The lowest BCUT2D eigenvalue weighted by Gasteiger charge is -2.19. The van der Waals surface area contributed by atoms with Crippen molar-refractivity contribution in [2.75, 3.05) is 13.7 Å². The maximum absolute atomic E-state index is 13.3. The van der Waals surface area contributed by atoms with E-state index < -0.39 is 6.10 Å². The third-order valence-electron chi connectivity index (χ3n) is 8.98. The molecule has 5 aromatic carbocycles. The SMILES string of the molecule is COc1cccc(OCc2ccccc2)c1CNC(=O)c1cc2cc(C[C@@H](C)NC[C@@H](O)c3ccc(OCc4ccccc4)c(CO)c3)ccc2[nH]1. The van der Waals surface area contributed by atoms with E-state index in [2.05, 4.69) is 28.6 Å². The fourth-order valence-corrected chi connectivity index (χ4v) is 6.14. The van der Waals surface area contributed by atoms with Crippen molar-refractivity contribution in [3.8, 4) is 17.2 Å². The first-order valence-corrected chi connectivity index (χ1v) is 17.4. The Morgan fingerprint density at radius 3 is 2.15 bits per heavy atom. The maximum atomic E-state index is 13.3. The Balaban J connectivity index is 1.02. The van der Waals surface area contributed by atoms with Gasteiger partial charge >= 0.3 is 0 Å². The summed E-state index contributed by atoms with van der Waals surface area (Å²) in [7, 11) is 1.60. The number of aromatic nitrogens is 1. The zero-order valence-corrected chi connectivity index (χ0v) is 29.5. The number of fused-ring (bicyclic) bond motifs is 1. The van der Waals surface area contributed by atoms with Gasteiger partial charge in [-0.15, -0.1) is 0 Å². The third-order valence-corrected chi connectivity index (χ3v) is 8.98. The molecule has 0 bridgehead atoms. The number of carbonyl (C=O) groups is 1. The fraction of sp³-hybridized carbons (Fsp3) is 0.233. The molecule has 0 aliphatic rings. The number of H-pyrrole nitrogens is 1. The Labute approximate surface area is 304 Å². The highest BCUT2D eigenvalue weighted by Gasteiger charge is 2.17. The molecule has 9 nitrogen and oxygen atoms in total. The Morgan fingerprint density at radius 2 is 1.46 bits per heavy atom. The number of methoxy groups -OCH3 is 1. The van der Waals surface area contributed by atoms with E-state index in [1.807, 2.05) is 103 Å². The minimum atomic E-state index is -0.758. The van der Waals surface area contributed by atoms with Gasteiger partial charge in [-0.3, -0.25) is 4.79 Å². The van der Waals surface area contributed by atoms with E-state index in [1.165, 1.54) is 0 Å². The Morgan fingerprint density at radius 1 is 0.769 bits per heavy atom. The van der Waals surface area contributed by atoms with Gasteiger partial charge in [0.05, 0.1) is 31.9 Å². The molecule has 1 amide bonds. The molecule has 9 heteroatoms. The van der Waals surface area contributed by atoms with E-state index in [0.29, 0.717) is 53.8 Å². The van der Waals surface area contributed by atoms with Crippen LogP contribution in [-0.2, 0) is 32.8 Å². The summed E-state index contributed by atoms with van der Waals surface area (Å²) in [6.07, 6.45) is -0.0326. The monoisotopic (exact) mass is 699 g/mol. The maximum Gasteiger partial charge on any atom is 0.268 e. The number of amides is 1. The number of ether oxygens (including phenoxy) is 3. The number of rotatable bonds is 17. The minimum absolute atomic E-state index is 0.0683. The zero-order chi connectivity index (χ0) is 36.3. The van der Waals surface area contributed by atoms with Gasteiger partial charge in [0.1, 0.15) is 36.2 Å². The lowest BCUT2D eigenvalue weighted by molar-refractivity contribution is 0.0946. The molecule has 1 aromatic heterocycles. The summed E-state index contributed by atoms with van der Waals surface area (Å²) in [6.45, 7) is 3.26. The third kappa shape index (κ3) is 9.38. The number of benzene rings is 5. The molecular weight excluding hydrogens is 654 g/mol. The molecule has 52 heavy (non-hydrogen) atoms. The predicted octanol–water partition coefficient (Wildman–Crippen LogP) is 7.01. The van der Waals surface area contributed by atoms with Crippen LogP contribution >= 0.6 is 0 Å². The second kappa shape index (κ2) is 17.5. The van der Waals surface area contributed by atoms with Gasteiger partial charge in [0.15, 0.2) is 0 Å². The standard InChI is InChI=1S/C43H45N3O6/c1-29(44-25-39(48)33-17-19-40(35(22-33)26-47)51-27-30-10-5-3-6-11-30)20-32-16-18-37-34(21-32)23-38(46-37)43(49)45-24-36-41(50-2)14-9-15-42(36)52-28-31-12-7-4-8-13-31/h3-19,21-23,29,39,44,46-48H,20,24-28H2,1-2H3,(H,45,49)/t29-,39-/m1/s1.